The summed E-state index contributed by atoms with van der Waals surface area (Å²) in [6.45, 7) is 11.4. The first-order valence-corrected chi connectivity index (χ1v) is 12.2. The topological polar surface area (TPSA) is 26.3 Å². The minimum atomic E-state index is -1.54. The number of unbranched alkanes of at least 4 members (excludes halogenated alkanes) is 1. The van der Waals surface area contributed by atoms with Gasteiger partial charge in [0.15, 0.2) is 8.32 Å². The first-order chi connectivity index (χ1) is 9.81. The Bertz CT molecular complexity index is 487. The third kappa shape index (κ3) is 7.74. The van der Waals surface area contributed by atoms with Gasteiger partial charge >= 0.3 is 0 Å². The maximum Gasteiger partial charge on any atom is 0.184 e. The highest BCUT2D eigenvalue weighted by atomic mass is 32.2. The van der Waals surface area contributed by atoms with E-state index >= 15 is 0 Å². The summed E-state index contributed by atoms with van der Waals surface area (Å²) in [5.74, 6) is 0. The van der Waals surface area contributed by atoms with E-state index in [2.05, 4.69) is 26.6 Å². The Morgan fingerprint density at radius 3 is 2.38 bits per heavy atom. The van der Waals surface area contributed by atoms with Crippen molar-refractivity contribution in [3.63, 3.8) is 0 Å². The monoisotopic (exact) mass is 324 g/mol. The minimum absolute atomic E-state index is 0.618. The van der Waals surface area contributed by atoms with E-state index in [0.29, 0.717) is 6.61 Å². The lowest BCUT2D eigenvalue weighted by molar-refractivity contribution is 0.341. The van der Waals surface area contributed by atoms with Crippen LogP contribution in [0.1, 0.15) is 31.7 Å². The molecule has 1 atom stereocenters. The van der Waals surface area contributed by atoms with Crippen LogP contribution in [0.5, 0.6) is 0 Å². The summed E-state index contributed by atoms with van der Waals surface area (Å²) in [5.41, 5.74) is 2.35. The van der Waals surface area contributed by atoms with Gasteiger partial charge < -0.3 is 4.43 Å². The Hall–Kier alpha value is -0.713. The number of aryl methyl sites for hydroxylation is 1. The van der Waals surface area contributed by atoms with Crippen molar-refractivity contribution in [2.24, 2.45) is 0 Å². The molecule has 1 aromatic rings. The third-order valence-electron chi connectivity index (χ3n) is 3.07. The van der Waals surface area contributed by atoms with Crippen LogP contribution in [0.15, 0.2) is 40.1 Å². The van der Waals surface area contributed by atoms with E-state index in [0.717, 1.165) is 29.7 Å². The fourth-order valence-corrected chi connectivity index (χ4v) is 3.42. The average molecular weight is 325 g/mol. The molecular formula is C17H28O2SSi. The molecule has 0 spiro atoms. The molecule has 2 nitrogen and oxygen atoms in total. The van der Waals surface area contributed by atoms with Gasteiger partial charge in [0.25, 0.3) is 0 Å². The van der Waals surface area contributed by atoms with Crippen LogP contribution in [-0.2, 0) is 15.2 Å². The van der Waals surface area contributed by atoms with Crippen molar-refractivity contribution in [2.75, 3.05) is 6.61 Å². The van der Waals surface area contributed by atoms with Crippen LogP contribution in [-0.4, -0.2) is 19.1 Å². The third-order valence-corrected chi connectivity index (χ3v) is 5.36. The number of hydrogen-bond acceptors (Lipinski definition) is 2. The van der Waals surface area contributed by atoms with Crippen LogP contribution < -0.4 is 0 Å². The molecule has 0 aliphatic carbocycles. The molecule has 0 fully saturated rings. The predicted octanol–water partition coefficient (Wildman–Crippen LogP) is 5.03. The minimum Gasteiger partial charge on any atom is -0.414 e. The van der Waals surface area contributed by atoms with Crippen LogP contribution in [0, 0.1) is 6.92 Å². The molecule has 21 heavy (non-hydrogen) atoms. The van der Waals surface area contributed by atoms with Gasteiger partial charge in [0.1, 0.15) is 0 Å². The summed E-state index contributed by atoms with van der Waals surface area (Å²) in [7, 11) is -2.62. The maximum atomic E-state index is 12.4. The summed E-state index contributed by atoms with van der Waals surface area (Å²) >= 11 is 0. The van der Waals surface area contributed by atoms with Crippen LogP contribution in [0.2, 0.25) is 19.6 Å². The van der Waals surface area contributed by atoms with Crippen molar-refractivity contribution in [1.29, 1.82) is 0 Å². The summed E-state index contributed by atoms with van der Waals surface area (Å²) < 4.78 is 18.4. The molecule has 0 unspecified atom stereocenters. The Balaban J connectivity index is 2.80. The first kappa shape index (κ1) is 18.3. The second-order valence-corrected chi connectivity index (χ2v) is 12.2. The van der Waals surface area contributed by atoms with Crippen LogP contribution >= 0.6 is 0 Å². The lowest BCUT2D eigenvalue weighted by atomic mass is 10.1. The molecular weight excluding hydrogens is 296 g/mol. The van der Waals surface area contributed by atoms with Gasteiger partial charge in [0.05, 0.1) is 17.4 Å². The van der Waals surface area contributed by atoms with E-state index in [1.165, 1.54) is 5.56 Å². The predicted molar refractivity (Wildman–Crippen MR) is 94.5 cm³/mol. The van der Waals surface area contributed by atoms with E-state index in [1.54, 1.807) is 0 Å². The number of benzene rings is 1. The fourth-order valence-electron chi connectivity index (χ4n) is 1.77. The molecule has 0 aromatic heterocycles. The molecule has 4 heteroatoms. The molecule has 0 bridgehead atoms. The molecule has 0 heterocycles. The Labute approximate surface area is 133 Å². The van der Waals surface area contributed by atoms with Gasteiger partial charge in [-0.05, 0) is 57.1 Å². The number of rotatable bonds is 8. The van der Waals surface area contributed by atoms with Crippen molar-refractivity contribution in [1.82, 2.24) is 0 Å². The molecule has 0 aliphatic heterocycles. The van der Waals surface area contributed by atoms with Crippen molar-refractivity contribution in [3.8, 4) is 0 Å². The van der Waals surface area contributed by atoms with Gasteiger partial charge in [-0.2, -0.15) is 0 Å². The van der Waals surface area contributed by atoms with Gasteiger partial charge in [-0.3, -0.25) is 0 Å². The highest BCUT2D eigenvalue weighted by Gasteiger charge is 2.15. The Kier molecular flexibility index (Phi) is 7.56. The molecule has 118 valence electrons. The maximum absolute atomic E-state index is 12.4. The van der Waals surface area contributed by atoms with E-state index < -0.39 is 19.1 Å². The zero-order chi connectivity index (χ0) is 15.9. The number of hydrogen-bond donors (Lipinski definition) is 0. The lowest BCUT2D eigenvalue weighted by Gasteiger charge is -2.18. The molecule has 0 aliphatic rings. The van der Waals surface area contributed by atoms with Crippen molar-refractivity contribution < 1.29 is 8.63 Å². The summed E-state index contributed by atoms with van der Waals surface area (Å²) in [4.78, 5) is 0.864. The molecule has 1 rings (SSSR count). The smallest absolute Gasteiger partial charge is 0.184 e. The highest BCUT2D eigenvalue weighted by molar-refractivity contribution is 7.88. The second-order valence-electron chi connectivity index (χ2n) is 6.39. The largest absolute Gasteiger partial charge is 0.414 e. The molecule has 0 radical (unpaired) electrons. The molecule has 0 amide bonds. The highest BCUT2D eigenvalue weighted by Crippen LogP contribution is 2.16. The van der Waals surface area contributed by atoms with Gasteiger partial charge in [-0.25, -0.2) is 4.21 Å². The quantitative estimate of drug-likeness (QED) is 0.627. The Morgan fingerprint density at radius 1 is 1.24 bits per heavy atom. The summed E-state index contributed by atoms with van der Waals surface area (Å²) in [6, 6.07) is 7.90. The van der Waals surface area contributed by atoms with Crippen LogP contribution in [0.4, 0.5) is 0 Å². The van der Waals surface area contributed by atoms with Crippen LogP contribution in [0.25, 0.3) is 0 Å². The Morgan fingerprint density at radius 2 is 1.86 bits per heavy atom. The summed E-state index contributed by atoms with van der Waals surface area (Å²) in [6.07, 6.45) is 3.23. The molecule has 0 N–H and O–H groups in total. The van der Waals surface area contributed by atoms with Crippen molar-refractivity contribution in [3.05, 3.63) is 40.8 Å². The van der Waals surface area contributed by atoms with Crippen molar-refractivity contribution in [2.45, 2.75) is 57.6 Å². The molecule has 1 aromatic carbocycles. The summed E-state index contributed by atoms with van der Waals surface area (Å²) in [5, 5.41) is 1.89. The normalized spacial score (nSPS) is 14.2. The van der Waals surface area contributed by atoms with E-state index in [9.17, 15) is 4.21 Å². The molecule has 0 saturated carbocycles. The lowest BCUT2D eigenvalue weighted by Crippen LogP contribution is -2.26. The van der Waals surface area contributed by atoms with E-state index in [1.807, 2.05) is 36.6 Å². The second kappa shape index (κ2) is 8.66. The van der Waals surface area contributed by atoms with Crippen LogP contribution in [0.3, 0.4) is 0 Å². The SMILES string of the molecule is CCCC/C(=C/[S@@](=O)c1ccc(C)cc1)CO[Si](C)(C)C. The zero-order valence-corrected chi connectivity index (χ0v) is 15.8. The van der Waals surface area contributed by atoms with Gasteiger partial charge in [0, 0.05) is 10.3 Å². The molecule has 0 saturated heterocycles. The van der Waals surface area contributed by atoms with Gasteiger partial charge in [0.2, 0.25) is 0 Å². The van der Waals surface area contributed by atoms with Crippen molar-refractivity contribution >= 4 is 19.1 Å². The fraction of sp³-hybridized carbons (Fsp3) is 0.529. The standard InChI is InChI=1S/C17H28O2SSi/c1-6-7-8-16(13-19-21(3,4)5)14-20(18)17-11-9-15(2)10-12-17/h9-12,14H,6-8,13H2,1-5H3/b16-14-/t20-/m1/s1. The first-order valence-electron chi connectivity index (χ1n) is 7.62. The van der Waals surface area contributed by atoms with E-state index in [4.69, 9.17) is 4.43 Å². The average Bonchev–Trinajstić information content (AvgIpc) is 2.41. The van der Waals surface area contributed by atoms with E-state index in [-0.39, 0.29) is 0 Å². The zero-order valence-electron chi connectivity index (χ0n) is 13.9. The van der Waals surface area contributed by atoms with Gasteiger partial charge in [-0.1, -0.05) is 31.0 Å². The van der Waals surface area contributed by atoms with Gasteiger partial charge in [-0.15, -0.1) is 0 Å².